The molecule has 0 aliphatic carbocycles. The number of aliphatic hydroxyl groups excluding tert-OH is 1. The Kier molecular flexibility index (Phi) is 3.42. The summed E-state index contributed by atoms with van der Waals surface area (Å²) in [6.45, 7) is 3.88. The Hall–Kier alpha value is -1.42. The second-order valence-corrected chi connectivity index (χ2v) is 4.10. The lowest BCUT2D eigenvalue weighted by atomic mass is 10.1. The highest BCUT2D eigenvalue weighted by Gasteiger charge is 2.23. The van der Waals surface area contributed by atoms with Crippen LogP contribution < -0.4 is 4.90 Å². The van der Waals surface area contributed by atoms with Gasteiger partial charge >= 0.3 is 0 Å². The molecule has 0 atom stereocenters. The van der Waals surface area contributed by atoms with E-state index in [1.807, 2.05) is 25.8 Å². The van der Waals surface area contributed by atoms with Crippen LogP contribution in [0.4, 0.5) is 5.82 Å². The first-order chi connectivity index (χ1) is 7.01. The van der Waals surface area contributed by atoms with E-state index in [2.05, 4.69) is 4.98 Å². The zero-order chi connectivity index (χ0) is 11.5. The molecule has 82 valence electrons. The van der Waals surface area contributed by atoms with Gasteiger partial charge in [-0.1, -0.05) is 0 Å². The first kappa shape index (κ1) is 11.7. The van der Waals surface area contributed by atoms with Crippen molar-refractivity contribution >= 4 is 12.1 Å². The average molecular weight is 208 g/mol. The van der Waals surface area contributed by atoms with Crippen molar-refractivity contribution in [1.82, 2.24) is 4.98 Å². The molecule has 4 heteroatoms. The molecule has 1 aromatic rings. The Bertz CT molecular complexity index is 333. The van der Waals surface area contributed by atoms with Crippen molar-refractivity contribution < 1.29 is 9.90 Å². The summed E-state index contributed by atoms with van der Waals surface area (Å²) >= 11 is 0. The van der Waals surface area contributed by atoms with Crippen molar-refractivity contribution in [3.05, 3.63) is 23.9 Å². The van der Waals surface area contributed by atoms with Gasteiger partial charge in [-0.15, -0.1) is 0 Å². The zero-order valence-electron chi connectivity index (χ0n) is 9.27. The molecule has 0 spiro atoms. The lowest BCUT2D eigenvalue weighted by Crippen LogP contribution is -2.44. The third-order valence-corrected chi connectivity index (χ3v) is 2.55. The molecule has 4 nitrogen and oxygen atoms in total. The average Bonchev–Trinajstić information content (AvgIpc) is 2.28. The normalized spacial score (nSPS) is 11.2. The minimum atomic E-state index is -0.365. The number of pyridine rings is 1. The Morgan fingerprint density at radius 3 is 2.60 bits per heavy atom. The van der Waals surface area contributed by atoms with Gasteiger partial charge in [0.25, 0.3) is 0 Å². The number of carbonyl (C=O) groups is 1. The number of nitrogens with zero attached hydrogens (tertiary/aromatic N) is 2. The first-order valence-corrected chi connectivity index (χ1v) is 4.77. The molecule has 0 aliphatic rings. The van der Waals surface area contributed by atoms with Crippen LogP contribution in [0.2, 0.25) is 0 Å². The molecule has 0 fully saturated rings. The van der Waals surface area contributed by atoms with Gasteiger partial charge in [-0.2, -0.15) is 0 Å². The Morgan fingerprint density at radius 2 is 2.20 bits per heavy atom. The molecule has 0 amide bonds. The summed E-state index contributed by atoms with van der Waals surface area (Å²) in [4.78, 5) is 16.5. The fourth-order valence-electron chi connectivity index (χ4n) is 1.08. The number of aliphatic hydroxyl groups is 1. The van der Waals surface area contributed by atoms with Crippen molar-refractivity contribution in [3.63, 3.8) is 0 Å². The number of aldehydes is 1. The lowest BCUT2D eigenvalue weighted by molar-refractivity contribution is 0.112. The third-order valence-electron chi connectivity index (χ3n) is 2.55. The summed E-state index contributed by atoms with van der Waals surface area (Å²) in [6.07, 6.45) is 2.28. The maximum Gasteiger partial charge on any atom is 0.151 e. The Balaban J connectivity index is 2.91. The van der Waals surface area contributed by atoms with Crippen LogP contribution in [0.5, 0.6) is 0 Å². The van der Waals surface area contributed by atoms with Gasteiger partial charge in [0.05, 0.1) is 12.1 Å². The summed E-state index contributed by atoms with van der Waals surface area (Å²) in [5.41, 5.74) is 0.185. The summed E-state index contributed by atoms with van der Waals surface area (Å²) in [6, 6.07) is 3.47. The Labute approximate surface area is 89.6 Å². The SMILES string of the molecule is CN(c1ccc(C=O)cn1)C(C)(C)CO. The van der Waals surface area contributed by atoms with E-state index in [-0.39, 0.29) is 12.1 Å². The van der Waals surface area contributed by atoms with Crippen molar-refractivity contribution in [1.29, 1.82) is 0 Å². The number of hydrogen-bond acceptors (Lipinski definition) is 4. The van der Waals surface area contributed by atoms with Crippen molar-refractivity contribution in [3.8, 4) is 0 Å². The molecule has 0 unspecified atom stereocenters. The molecule has 15 heavy (non-hydrogen) atoms. The van der Waals surface area contributed by atoms with E-state index < -0.39 is 0 Å². The first-order valence-electron chi connectivity index (χ1n) is 4.77. The highest BCUT2D eigenvalue weighted by atomic mass is 16.3. The molecular formula is C11H16N2O2. The van der Waals surface area contributed by atoms with Gasteiger partial charge in [0.2, 0.25) is 0 Å². The summed E-state index contributed by atoms with van der Waals surface area (Å²) in [5.74, 6) is 0.736. The van der Waals surface area contributed by atoms with Crippen LogP contribution in [-0.4, -0.2) is 35.6 Å². The van der Waals surface area contributed by atoms with E-state index in [9.17, 15) is 9.90 Å². The predicted molar refractivity (Wildman–Crippen MR) is 59.2 cm³/mol. The minimum Gasteiger partial charge on any atom is -0.394 e. The Morgan fingerprint density at radius 1 is 1.53 bits per heavy atom. The molecule has 1 aromatic heterocycles. The van der Waals surface area contributed by atoms with E-state index in [1.165, 1.54) is 6.20 Å². The molecule has 0 saturated heterocycles. The monoisotopic (exact) mass is 208 g/mol. The van der Waals surface area contributed by atoms with E-state index >= 15 is 0 Å². The second-order valence-electron chi connectivity index (χ2n) is 4.10. The molecule has 0 saturated carbocycles. The number of likely N-dealkylation sites (N-methyl/N-ethyl adjacent to an activating group) is 1. The fraction of sp³-hybridized carbons (Fsp3) is 0.455. The fourth-order valence-corrected chi connectivity index (χ4v) is 1.08. The molecule has 0 bridgehead atoms. The summed E-state index contributed by atoms with van der Waals surface area (Å²) in [7, 11) is 1.86. The number of aromatic nitrogens is 1. The van der Waals surface area contributed by atoms with Gasteiger partial charge in [0.15, 0.2) is 6.29 Å². The molecule has 1 N–H and O–H groups in total. The minimum absolute atomic E-state index is 0.0423. The standard InChI is InChI=1S/C11H16N2O2/c1-11(2,8-15)13(3)10-5-4-9(7-14)6-12-10/h4-7,15H,8H2,1-3H3. The van der Waals surface area contributed by atoms with E-state index in [0.29, 0.717) is 5.56 Å². The molecule has 0 aliphatic heterocycles. The molecule has 0 radical (unpaired) electrons. The maximum absolute atomic E-state index is 10.4. The van der Waals surface area contributed by atoms with Crippen LogP contribution >= 0.6 is 0 Å². The number of hydrogen-bond donors (Lipinski definition) is 1. The quantitative estimate of drug-likeness (QED) is 0.753. The highest BCUT2D eigenvalue weighted by Crippen LogP contribution is 2.19. The molecular weight excluding hydrogens is 192 g/mol. The molecule has 1 heterocycles. The zero-order valence-corrected chi connectivity index (χ0v) is 9.27. The van der Waals surface area contributed by atoms with E-state index in [4.69, 9.17) is 0 Å². The van der Waals surface area contributed by atoms with Gasteiger partial charge < -0.3 is 10.0 Å². The van der Waals surface area contributed by atoms with Gasteiger partial charge in [-0.25, -0.2) is 4.98 Å². The molecule has 0 aromatic carbocycles. The summed E-state index contributed by atoms with van der Waals surface area (Å²) < 4.78 is 0. The summed E-state index contributed by atoms with van der Waals surface area (Å²) in [5, 5.41) is 9.20. The lowest BCUT2D eigenvalue weighted by Gasteiger charge is -2.34. The second kappa shape index (κ2) is 4.40. The van der Waals surface area contributed by atoms with Gasteiger partial charge in [-0.3, -0.25) is 4.79 Å². The van der Waals surface area contributed by atoms with Crippen LogP contribution in [0.15, 0.2) is 18.3 Å². The number of carbonyl (C=O) groups excluding carboxylic acids is 1. The largest absolute Gasteiger partial charge is 0.394 e. The van der Waals surface area contributed by atoms with Crippen molar-refractivity contribution in [2.24, 2.45) is 0 Å². The van der Waals surface area contributed by atoms with E-state index in [1.54, 1.807) is 12.1 Å². The highest BCUT2D eigenvalue weighted by molar-refractivity contribution is 5.74. The van der Waals surface area contributed by atoms with Crippen LogP contribution in [0.25, 0.3) is 0 Å². The molecule has 1 rings (SSSR count). The topological polar surface area (TPSA) is 53.4 Å². The van der Waals surface area contributed by atoms with Crippen LogP contribution in [-0.2, 0) is 0 Å². The van der Waals surface area contributed by atoms with Gasteiger partial charge in [-0.05, 0) is 26.0 Å². The third kappa shape index (κ3) is 2.53. The van der Waals surface area contributed by atoms with Crippen molar-refractivity contribution in [2.75, 3.05) is 18.6 Å². The van der Waals surface area contributed by atoms with Crippen LogP contribution in [0, 0.1) is 0 Å². The van der Waals surface area contributed by atoms with Crippen LogP contribution in [0.3, 0.4) is 0 Å². The number of rotatable bonds is 4. The van der Waals surface area contributed by atoms with Gasteiger partial charge in [0, 0.05) is 18.8 Å². The maximum atomic E-state index is 10.4. The van der Waals surface area contributed by atoms with Crippen molar-refractivity contribution in [2.45, 2.75) is 19.4 Å². The van der Waals surface area contributed by atoms with Crippen LogP contribution in [0.1, 0.15) is 24.2 Å². The predicted octanol–water partition coefficient (Wildman–Crippen LogP) is 1.10. The number of anilines is 1. The van der Waals surface area contributed by atoms with E-state index in [0.717, 1.165) is 12.1 Å². The smallest absolute Gasteiger partial charge is 0.151 e. The van der Waals surface area contributed by atoms with Gasteiger partial charge in [0.1, 0.15) is 5.82 Å².